The Balaban J connectivity index is 2.01. The van der Waals surface area contributed by atoms with Gasteiger partial charge in [0.2, 0.25) is 5.96 Å². The van der Waals surface area contributed by atoms with Gasteiger partial charge in [0, 0.05) is 25.7 Å². The highest BCUT2D eigenvalue weighted by atomic mass is 15.4. The van der Waals surface area contributed by atoms with Crippen molar-refractivity contribution in [2.45, 2.75) is 6.42 Å². The smallest absolute Gasteiger partial charge is 0.205 e. The summed E-state index contributed by atoms with van der Waals surface area (Å²) in [6, 6.07) is 0. The van der Waals surface area contributed by atoms with Gasteiger partial charge in [-0.2, -0.15) is 0 Å². The first-order chi connectivity index (χ1) is 8.88. The molecule has 92 valence electrons. The quantitative estimate of drug-likeness (QED) is 0.646. The molecule has 0 fully saturated rings. The minimum atomic E-state index is 0.737. The molecule has 0 N–H and O–H groups in total. The Morgan fingerprint density at radius 3 is 2.83 bits per heavy atom. The summed E-state index contributed by atoms with van der Waals surface area (Å²) in [7, 11) is 2.10. The van der Waals surface area contributed by atoms with Crippen molar-refractivity contribution in [3.8, 4) is 0 Å². The number of allylic oxidation sites excluding steroid dienone is 6. The highest BCUT2D eigenvalue weighted by Gasteiger charge is 2.30. The van der Waals surface area contributed by atoms with Crippen molar-refractivity contribution in [2.24, 2.45) is 4.99 Å². The van der Waals surface area contributed by atoms with Gasteiger partial charge in [0.15, 0.2) is 0 Å². The van der Waals surface area contributed by atoms with E-state index in [0.29, 0.717) is 0 Å². The lowest BCUT2D eigenvalue weighted by molar-refractivity contribution is 0.540. The average molecular weight is 239 g/mol. The van der Waals surface area contributed by atoms with Gasteiger partial charge in [-0.15, -0.1) is 0 Å². The number of nitrogens with zero attached hydrogens (tertiary/aromatic N) is 3. The van der Waals surface area contributed by atoms with E-state index in [2.05, 4.69) is 70.4 Å². The number of rotatable bonds is 0. The summed E-state index contributed by atoms with van der Waals surface area (Å²) < 4.78 is 0. The van der Waals surface area contributed by atoms with Gasteiger partial charge in [0.25, 0.3) is 0 Å². The van der Waals surface area contributed by atoms with Crippen molar-refractivity contribution in [1.29, 1.82) is 0 Å². The molecule has 3 nitrogen and oxygen atoms in total. The molecule has 0 spiro atoms. The van der Waals surface area contributed by atoms with Crippen LogP contribution in [0.4, 0.5) is 0 Å². The molecule has 0 saturated carbocycles. The summed E-state index contributed by atoms with van der Waals surface area (Å²) >= 11 is 0. The summed E-state index contributed by atoms with van der Waals surface area (Å²) in [6.07, 6.45) is 18.0. The fourth-order valence-corrected chi connectivity index (χ4v) is 2.46. The number of guanidine groups is 1. The van der Waals surface area contributed by atoms with Crippen LogP contribution in [0, 0.1) is 0 Å². The van der Waals surface area contributed by atoms with E-state index in [0.717, 1.165) is 25.5 Å². The average Bonchev–Trinajstić information content (AvgIpc) is 2.50. The molecule has 0 aromatic heterocycles. The van der Waals surface area contributed by atoms with E-state index >= 15 is 0 Å². The zero-order valence-corrected chi connectivity index (χ0v) is 10.6. The maximum atomic E-state index is 4.68. The number of fused-ring (bicyclic) bond motifs is 2. The monoisotopic (exact) mass is 239 g/mol. The predicted molar refractivity (Wildman–Crippen MR) is 75.0 cm³/mol. The van der Waals surface area contributed by atoms with Crippen LogP contribution in [0.15, 0.2) is 65.0 Å². The van der Waals surface area contributed by atoms with Gasteiger partial charge in [-0.3, -0.25) is 0 Å². The lowest BCUT2D eigenvalue weighted by Gasteiger charge is -2.21. The third kappa shape index (κ3) is 1.82. The van der Waals surface area contributed by atoms with Crippen molar-refractivity contribution >= 4 is 5.96 Å². The standard InChI is InChI=1S/C15H17N3/c1-17-13-9-5-4-6-10-14(13)18-12-8-3-2-7-11-16-15(17)18/h2-8,10H,9,11-12H2,1H3/b7-2-,8-3-,16-15?. The Morgan fingerprint density at radius 2 is 1.89 bits per heavy atom. The van der Waals surface area contributed by atoms with E-state index in [9.17, 15) is 0 Å². The van der Waals surface area contributed by atoms with Crippen LogP contribution >= 0.6 is 0 Å². The third-order valence-corrected chi connectivity index (χ3v) is 3.35. The van der Waals surface area contributed by atoms with Gasteiger partial charge in [-0.1, -0.05) is 42.5 Å². The normalized spacial score (nSPS) is 25.7. The zero-order chi connectivity index (χ0) is 12.4. The molecule has 0 bridgehead atoms. The first-order valence-electron chi connectivity index (χ1n) is 6.31. The minimum Gasteiger partial charge on any atom is -0.317 e. The maximum absolute atomic E-state index is 4.68. The lowest BCUT2D eigenvalue weighted by atomic mass is 10.2. The number of hydrogen-bond acceptors (Lipinski definition) is 3. The molecule has 0 saturated heterocycles. The molecule has 0 radical (unpaired) electrons. The van der Waals surface area contributed by atoms with Gasteiger partial charge < -0.3 is 9.80 Å². The van der Waals surface area contributed by atoms with E-state index in [1.807, 2.05) is 0 Å². The van der Waals surface area contributed by atoms with Crippen molar-refractivity contribution in [2.75, 3.05) is 20.1 Å². The summed E-state index contributed by atoms with van der Waals surface area (Å²) in [6.45, 7) is 1.61. The van der Waals surface area contributed by atoms with E-state index < -0.39 is 0 Å². The van der Waals surface area contributed by atoms with Crippen LogP contribution in [-0.4, -0.2) is 35.9 Å². The van der Waals surface area contributed by atoms with E-state index in [-0.39, 0.29) is 0 Å². The van der Waals surface area contributed by atoms with Crippen molar-refractivity contribution in [1.82, 2.24) is 9.80 Å². The fourth-order valence-electron chi connectivity index (χ4n) is 2.46. The second kappa shape index (κ2) is 4.69. The highest BCUT2D eigenvalue weighted by Crippen LogP contribution is 2.29. The van der Waals surface area contributed by atoms with Crippen LogP contribution in [0.5, 0.6) is 0 Å². The third-order valence-electron chi connectivity index (χ3n) is 3.35. The Bertz CT molecular complexity index is 518. The van der Waals surface area contributed by atoms with Gasteiger partial charge in [-0.05, 0) is 6.08 Å². The molecule has 0 amide bonds. The molecule has 2 heterocycles. The second-order valence-electron chi connectivity index (χ2n) is 4.49. The van der Waals surface area contributed by atoms with Gasteiger partial charge in [0.05, 0.1) is 12.2 Å². The Hall–Kier alpha value is -2.03. The van der Waals surface area contributed by atoms with Crippen LogP contribution in [0.25, 0.3) is 0 Å². The van der Waals surface area contributed by atoms with Crippen LogP contribution in [-0.2, 0) is 0 Å². The second-order valence-corrected chi connectivity index (χ2v) is 4.49. The molecular weight excluding hydrogens is 222 g/mol. The molecule has 3 heteroatoms. The molecule has 0 aromatic rings. The van der Waals surface area contributed by atoms with Gasteiger partial charge in [-0.25, -0.2) is 4.99 Å². The molecule has 0 aromatic carbocycles. The van der Waals surface area contributed by atoms with Crippen molar-refractivity contribution in [3.05, 3.63) is 60.0 Å². The molecule has 18 heavy (non-hydrogen) atoms. The molecule has 0 atom stereocenters. The van der Waals surface area contributed by atoms with Gasteiger partial charge in [0.1, 0.15) is 0 Å². The van der Waals surface area contributed by atoms with E-state index in [1.165, 1.54) is 11.4 Å². The summed E-state index contributed by atoms with van der Waals surface area (Å²) in [5, 5.41) is 0. The first kappa shape index (κ1) is 11.1. The summed E-state index contributed by atoms with van der Waals surface area (Å²) in [5.74, 6) is 1.05. The van der Waals surface area contributed by atoms with Crippen LogP contribution in [0.3, 0.4) is 0 Å². The van der Waals surface area contributed by atoms with Crippen molar-refractivity contribution < 1.29 is 0 Å². The Morgan fingerprint density at radius 1 is 1.06 bits per heavy atom. The molecule has 3 aliphatic rings. The van der Waals surface area contributed by atoms with Crippen molar-refractivity contribution in [3.63, 3.8) is 0 Å². The molecule has 0 unspecified atom stereocenters. The van der Waals surface area contributed by atoms with Crippen LogP contribution < -0.4 is 0 Å². The molecule has 1 aliphatic carbocycles. The largest absolute Gasteiger partial charge is 0.317 e. The topological polar surface area (TPSA) is 18.8 Å². The lowest BCUT2D eigenvalue weighted by Crippen LogP contribution is -2.33. The fraction of sp³-hybridized carbons (Fsp3) is 0.267. The summed E-state index contributed by atoms with van der Waals surface area (Å²) in [4.78, 5) is 9.17. The zero-order valence-electron chi connectivity index (χ0n) is 10.6. The Kier molecular flexibility index (Phi) is 2.89. The summed E-state index contributed by atoms with van der Waals surface area (Å²) in [5.41, 5.74) is 2.60. The molecular formula is C15H17N3. The molecule has 3 rings (SSSR count). The predicted octanol–water partition coefficient (Wildman–Crippen LogP) is 2.44. The SMILES string of the molecule is CN1C2=NC/C=C\C=C/CN2C2=C1CC=CC=C2. The first-order valence-corrected chi connectivity index (χ1v) is 6.31. The maximum Gasteiger partial charge on any atom is 0.205 e. The number of aliphatic imine (C=N–C) groups is 1. The highest BCUT2D eigenvalue weighted by molar-refractivity contribution is 5.87. The van der Waals surface area contributed by atoms with Crippen LogP contribution in [0.2, 0.25) is 0 Å². The van der Waals surface area contributed by atoms with E-state index in [1.54, 1.807) is 0 Å². The van der Waals surface area contributed by atoms with E-state index in [4.69, 9.17) is 0 Å². The number of hydrogen-bond donors (Lipinski definition) is 0. The van der Waals surface area contributed by atoms with Gasteiger partial charge >= 0.3 is 0 Å². The minimum absolute atomic E-state index is 0.737. The molecule has 2 aliphatic heterocycles. The van der Waals surface area contributed by atoms with Crippen LogP contribution in [0.1, 0.15) is 6.42 Å². The Labute approximate surface area is 108 Å².